The number of carbonyl (C=O) groups excluding carboxylic acids is 2. The maximum Gasteiger partial charge on any atom is 0.416 e. The van der Waals surface area contributed by atoms with Crippen LogP contribution >= 0.6 is 0 Å². The Hall–Kier alpha value is -3.01. The molecular weight excluding hydrogens is 478 g/mol. The molecule has 3 fully saturated rings. The molecule has 1 aromatic carbocycles. The molecule has 0 unspecified atom stereocenters. The standard InChI is InChI=1S/C26H27F4N3O3/c1-14-2-7-22(33(14)25(35)21-10-16(8-9-31-21)15-3-4-15)24(34)32-23(17-12-36-13-17)19-6-5-18(11-20(19)27)26(28,29)30/h5-6,8-11,14-15,17,22-23H,2-4,7,12-13H2,1H3,(H,32,34)/t14-,22-,23-/m1/s1. The number of hydrogen-bond acceptors (Lipinski definition) is 4. The van der Waals surface area contributed by atoms with Crippen molar-refractivity contribution in [3.05, 3.63) is 64.7 Å². The van der Waals surface area contributed by atoms with Crippen LogP contribution in [0.2, 0.25) is 0 Å². The Morgan fingerprint density at radius 2 is 1.86 bits per heavy atom. The number of amides is 2. The Balaban J connectivity index is 1.37. The normalized spacial score (nSPS) is 23.3. The van der Waals surface area contributed by atoms with Gasteiger partial charge in [-0.2, -0.15) is 13.2 Å². The highest BCUT2D eigenvalue weighted by Crippen LogP contribution is 2.40. The first-order valence-electron chi connectivity index (χ1n) is 12.2. The zero-order valence-corrected chi connectivity index (χ0v) is 19.7. The van der Waals surface area contributed by atoms with Crippen LogP contribution in [-0.4, -0.2) is 47.0 Å². The zero-order chi connectivity index (χ0) is 25.6. The summed E-state index contributed by atoms with van der Waals surface area (Å²) >= 11 is 0. The van der Waals surface area contributed by atoms with Crippen LogP contribution in [0.5, 0.6) is 0 Å². The van der Waals surface area contributed by atoms with E-state index in [1.807, 2.05) is 13.0 Å². The van der Waals surface area contributed by atoms with Gasteiger partial charge in [-0.3, -0.25) is 14.6 Å². The number of alkyl halides is 3. The molecule has 0 bridgehead atoms. The second-order valence-corrected chi connectivity index (χ2v) is 9.92. The Morgan fingerprint density at radius 3 is 2.47 bits per heavy atom. The van der Waals surface area contributed by atoms with Crippen LogP contribution in [0, 0.1) is 11.7 Å². The maximum atomic E-state index is 14.8. The summed E-state index contributed by atoms with van der Waals surface area (Å²) in [4.78, 5) is 32.6. The van der Waals surface area contributed by atoms with E-state index in [4.69, 9.17) is 4.74 Å². The Bertz CT molecular complexity index is 1160. The summed E-state index contributed by atoms with van der Waals surface area (Å²) in [7, 11) is 0. The molecule has 3 aliphatic rings. The van der Waals surface area contributed by atoms with Crippen LogP contribution in [0.1, 0.15) is 71.7 Å². The van der Waals surface area contributed by atoms with Crippen LogP contribution in [-0.2, 0) is 15.7 Å². The monoisotopic (exact) mass is 505 g/mol. The summed E-state index contributed by atoms with van der Waals surface area (Å²) < 4.78 is 59.1. The van der Waals surface area contributed by atoms with Gasteiger partial charge in [0, 0.05) is 23.7 Å². The van der Waals surface area contributed by atoms with E-state index < -0.39 is 35.5 Å². The molecule has 1 saturated carbocycles. The third-order valence-corrected chi connectivity index (χ3v) is 7.35. The molecule has 36 heavy (non-hydrogen) atoms. The van der Waals surface area contributed by atoms with Crippen molar-refractivity contribution in [2.75, 3.05) is 13.2 Å². The molecule has 1 N–H and O–H groups in total. The third kappa shape index (κ3) is 4.83. The van der Waals surface area contributed by atoms with Gasteiger partial charge in [-0.25, -0.2) is 4.39 Å². The fraction of sp³-hybridized carbons (Fsp3) is 0.500. The number of nitrogens with one attached hydrogen (secondary N) is 1. The number of likely N-dealkylation sites (tertiary alicyclic amines) is 1. The molecule has 0 spiro atoms. The minimum Gasteiger partial charge on any atom is -0.381 e. The summed E-state index contributed by atoms with van der Waals surface area (Å²) in [6.45, 7) is 2.35. The third-order valence-electron chi connectivity index (χ3n) is 7.35. The van der Waals surface area contributed by atoms with Crippen molar-refractivity contribution in [2.45, 2.75) is 62.8 Å². The lowest BCUT2D eigenvalue weighted by molar-refractivity contribution is -0.138. The molecule has 5 rings (SSSR count). The Morgan fingerprint density at radius 1 is 1.11 bits per heavy atom. The fourth-order valence-electron chi connectivity index (χ4n) is 5.05. The largest absolute Gasteiger partial charge is 0.416 e. The number of halogens is 4. The van der Waals surface area contributed by atoms with Gasteiger partial charge in [0.25, 0.3) is 5.91 Å². The van der Waals surface area contributed by atoms with Crippen LogP contribution in [0.3, 0.4) is 0 Å². The van der Waals surface area contributed by atoms with Crippen molar-refractivity contribution in [1.82, 2.24) is 15.2 Å². The van der Waals surface area contributed by atoms with Crippen molar-refractivity contribution in [2.24, 2.45) is 5.92 Å². The topological polar surface area (TPSA) is 71.5 Å². The van der Waals surface area contributed by atoms with Gasteiger partial charge >= 0.3 is 6.18 Å². The average molecular weight is 506 g/mol. The molecule has 192 valence electrons. The van der Waals surface area contributed by atoms with Gasteiger partial charge in [-0.05, 0) is 68.4 Å². The van der Waals surface area contributed by atoms with Crippen molar-refractivity contribution < 1.29 is 31.9 Å². The second-order valence-electron chi connectivity index (χ2n) is 9.92. The SMILES string of the molecule is C[C@@H]1CC[C@H](C(=O)N[C@@H](c2ccc(C(F)(F)F)cc2F)C2COC2)N1C(=O)c1cc(C2CC2)ccn1. The molecular formula is C26H27F4N3O3. The fourth-order valence-corrected chi connectivity index (χ4v) is 5.05. The minimum absolute atomic E-state index is 0.0348. The maximum absolute atomic E-state index is 14.8. The molecule has 2 saturated heterocycles. The zero-order valence-electron chi connectivity index (χ0n) is 19.7. The van der Waals surface area contributed by atoms with E-state index in [1.54, 1.807) is 12.3 Å². The smallest absolute Gasteiger partial charge is 0.381 e. The van der Waals surface area contributed by atoms with E-state index in [-0.39, 0.29) is 42.3 Å². The average Bonchev–Trinajstić information content (AvgIpc) is 3.58. The molecule has 3 atom stereocenters. The van der Waals surface area contributed by atoms with Gasteiger partial charge in [0.1, 0.15) is 17.6 Å². The second kappa shape index (κ2) is 9.46. The first-order valence-corrected chi connectivity index (χ1v) is 12.2. The van der Waals surface area contributed by atoms with E-state index in [0.717, 1.165) is 30.5 Å². The van der Waals surface area contributed by atoms with Gasteiger partial charge in [-0.1, -0.05) is 6.07 Å². The van der Waals surface area contributed by atoms with E-state index in [1.165, 1.54) is 4.90 Å². The van der Waals surface area contributed by atoms with Crippen molar-refractivity contribution in [1.29, 1.82) is 0 Å². The van der Waals surface area contributed by atoms with E-state index >= 15 is 0 Å². The minimum atomic E-state index is -4.68. The van der Waals surface area contributed by atoms with Crippen LogP contribution < -0.4 is 5.32 Å². The molecule has 0 radical (unpaired) electrons. The predicted octanol–water partition coefficient (Wildman–Crippen LogP) is 4.61. The molecule has 3 heterocycles. The van der Waals surface area contributed by atoms with E-state index in [9.17, 15) is 27.2 Å². The first kappa shape index (κ1) is 24.7. The number of ether oxygens (including phenoxy) is 1. The predicted molar refractivity (Wildman–Crippen MR) is 121 cm³/mol. The van der Waals surface area contributed by atoms with Gasteiger partial charge in [0.15, 0.2) is 0 Å². The van der Waals surface area contributed by atoms with E-state index in [0.29, 0.717) is 24.8 Å². The number of hydrogen-bond donors (Lipinski definition) is 1. The number of aromatic nitrogens is 1. The molecule has 2 amide bonds. The molecule has 6 nitrogen and oxygen atoms in total. The molecule has 2 aliphatic heterocycles. The number of benzene rings is 1. The number of carbonyl (C=O) groups is 2. The molecule has 2 aromatic rings. The highest BCUT2D eigenvalue weighted by atomic mass is 19.4. The summed E-state index contributed by atoms with van der Waals surface area (Å²) in [6.07, 6.45) is 0.119. The summed E-state index contributed by atoms with van der Waals surface area (Å²) in [5, 5.41) is 2.82. The van der Waals surface area contributed by atoms with Gasteiger partial charge in [0.2, 0.25) is 5.91 Å². The van der Waals surface area contributed by atoms with Gasteiger partial charge < -0.3 is 15.0 Å². The van der Waals surface area contributed by atoms with Gasteiger partial charge in [-0.15, -0.1) is 0 Å². The number of nitrogens with zero attached hydrogens (tertiary/aromatic N) is 2. The van der Waals surface area contributed by atoms with Crippen LogP contribution in [0.15, 0.2) is 36.5 Å². The van der Waals surface area contributed by atoms with Crippen molar-refractivity contribution in [3.8, 4) is 0 Å². The number of rotatable bonds is 6. The highest BCUT2D eigenvalue weighted by Gasteiger charge is 2.42. The summed E-state index contributed by atoms with van der Waals surface area (Å²) in [5.74, 6) is -1.70. The van der Waals surface area contributed by atoms with Crippen LogP contribution in [0.4, 0.5) is 17.6 Å². The lowest BCUT2D eigenvalue weighted by Gasteiger charge is -2.36. The highest BCUT2D eigenvalue weighted by molar-refractivity contribution is 5.97. The van der Waals surface area contributed by atoms with Gasteiger partial charge in [0.05, 0.1) is 24.8 Å². The lowest BCUT2D eigenvalue weighted by Crippen LogP contribution is -2.51. The van der Waals surface area contributed by atoms with E-state index in [2.05, 4.69) is 10.3 Å². The molecule has 10 heteroatoms. The lowest BCUT2D eigenvalue weighted by atomic mass is 9.90. The Kier molecular flexibility index (Phi) is 6.48. The first-order chi connectivity index (χ1) is 17.1. The Labute approximate surface area is 206 Å². The summed E-state index contributed by atoms with van der Waals surface area (Å²) in [6, 6.07) is 4.13. The van der Waals surface area contributed by atoms with Crippen molar-refractivity contribution in [3.63, 3.8) is 0 Å². The summed E-state index contributed by atoms with van der Waals surface area (Å²) in [5.41, 5.74) is 0.209. The number of pyridine rings is 1. The quantitative estimate of drug-likeness (QED) is 0.582. The van der Waals surface area contributed by atoms with Crippen molar-refractivity contribution >= 4 is 11.8 Å². The molecule has 1 aromatic heterocycles. The van der Waals surface area contributed by atoms with Crippen LogP contribution in [0.25, 0.3) is 0 Å². The molecule has 1 aliphatic carbocycles.